The van der Waals surface area contributed by atoms with Crippen molar-refractivity contribution in [2.24, 2.45) is 0 Å². The number of likely N-dealkylation sites (N-methyl/N-ethyl adjacent to an activating group) is 1. The molecule has 0 saturated carbocycles. The van der Waals surface area contributed by atoms with Gasteiger partial charge >= 0.3 is 6.16 Å². The minimum atomic E-state index is -4.51. The summed E-state index contributed by atoms with van der Waals surface area (Å²) in [6.45, 7) is 2.90. The van der Waals surface area contributed by atoms with Gasteiger partial charge < -0.3 is 32.6 Å². The summed E-state index contributed by atoms with van der Waals surface area (Å²) < 4.78 is 37.4. The molecule has 0 aliphatic rings. The maximum absolute atomic E-state index is 12.0. The predicted molar refractivity (Wildman–Crippen MR) is 141 cm³/mol. The normalized spacial score (nSPS) is 14.4. The van der Waals surface area contributed by atoms with Crippen molar-refractivity contribution in [1.29, 1.82) is 0 Å². The molecule has 0 aromatic carbocycles. The fourth-order valence-electron chi connectivity index (χ4n) is 3.55. The summed E-state index contributed by atoms with van der Waals surface area (Å²) in [4.78, 5) is 23.4. The molecule has 10 heteroatoms. The van der Waals surface area contributed by atoms with Crippen LogP contribution in [0.1, 0.15) is 96.8 Å². The fraction of sp³-hybridized carbons (Fsp3) is 0.962. The highest BCUT2D eigenvalue weighted by atomic mass is 31.2. The van der Waals surface area contributed by atoms with Gasteiger partial charge in [-0.2, -0.15) is 0 Å². The Labute approximate surface area is 220 Å². The van der Waals surface area contributed by atoms with Crippen LogP contribution in [0.25, 0.3) is 0 Å². The summed E-state index contributed by atoms with van der Waals surface area (Å²) in [5.41, 5.74) is 0. The van der Waals surface area contributed by atoms with E-state index in [1.165, 1.54) is 84.2 Å². The minimum Gasteiger partial charge on any atom is -0.756 e. The summed E-state index contributed by atoms with van der Waals surface area (Å²) in [6, 6.07) is 0. The first kappa shape index (κ1) is 35.3. The second-order valence-electron chi connectivity index (χ2n) is 10.5. The number of hydrogen-bond donors (Lipinski definition) is 0. The van der Waals surface area contributed by atoms with Crippen molar-refractivity contribution in [2.45, 2.75) is 103 Å². The maximum Gasteiger partial charge on any atom is 0.508 e. The molecule has 0 fully saturated rings. The van der Waals surface area contributed by atoms with Crippen LogP contribution >= 0.6 is 7.82 Å². The molecule has 9 nitrogen and oxygen atoms in total. The number of nitrogens with zero attached hydrogens (tertiary/aromatic N) is 1. The fourth-order valence-corrected chi connectivity index (χ4v) is 4.28. The Balaban J connectivity index is 3.88. The van der Waals surface area contributed by atoms with Gasteiger partial charge in [-0.3, -0.25) is 4.57 Å². The third kappa shape index (κ3) is 25.0. The van der Waals surface area contributed by atoms with E-state index in [4.69, 9.17) is 18.5 Å². The number of methoxy groups -OCH3 is 1. The van der Waals surface area contributed by atoms with Crippen LogP contribution in [0.4, 0.5) is 4.79 Å². The van der Waals surface area contributed by atoms with Crippen LogP contribution in [-0.4, -0.2) is 78.0 Å². The minimum absolute atomic E-state index is 0.00241. The Morgan fingerprint density at radius 2 is 1.28 bits per heavy atom. The highest BCUT2D eigenvalue weighted by Gasteiger charge is 2.20. The summed E-state index contributed by atoms with van der Waals surface area (Å²) in [5.74, 6) is 0. The number of phosphoric ester groups is 1. The third-order valence-electron chi connectivity index (χ3n) is 5.81. The average Bonchev–Trinajstić information content (AvgIpc) is 2.81. The molecule has 0 rings (SSSR count). The lowest BCUT2D eigenvalue weighted by molar-refractivity contribution is -0.870. The molecule has 36 heavy (non-hydrogen) atoms. The SMILES string of the molecule is CCCCCCCCCCCCCCCCOCC(COP(=O)([O-])OCC[N+](C)(C)C)OC(=O)OC. The zero-order valence-electron chi connectivity index (χ0n) is 23.7. The van der Waals surface area contributed by atoms with E-state index in [1.807, 2.05) is 21.1 Å². The first-order valence-electron chi connectivity index (χ1n) is 13.8. The van der Waals surface area contributed by atoms with E-state index in [0.29, 0.717) is 17.6 Å². The van der Waals surface area contributed by atoms with Crippen molar-refractivity contribution >= 4 is 14.0 Å². The lowest BCUT2D eigenvalue weighted by atomic mass is 10.0. The van der Waals surface area contributed by atoms with Crippen LogP contribution in [0.5, 0.6) is 0 Å². The van der Waals surface area contributed by atoms with Crippen molar-refractivity contribution < 1.29 is 42.0 Å². The molecule has 0 heterocycles. The number of carbonyl (C=O) groups excluding carboxylic acids is 1. The van der Waals surface area contributed by atoms with Crippen LogP contribution in [0.15, 0.2) is 0 Å². The maximum atomic E-state index is 12.0. The van der Waals surface area contributed by atoms with Gasteiger partial charge in [-0.1, -0.05) is 90.4 Å². The van der Waals surface area contributed by atoms with Crippen LogP contribution in [0.3, 0.4) is 0 Å². The molecule has 0 amide bonds. The molecule has 0 spiro atoms. The number of quaternary nitrogens is 1. The summed E-state index contributed by atoms with van der Waals surface area (Å²) >= 11 is 0. The molecule has 216 valence electrons. The Morgan fingerprint density at radius 3 is 1.75 bits per heavy atom. The van der Waals surface area contributed by atoms with Gasteiger partial charge in [0.05, 0.1) is 41.5 Å². The van der Waals surface area contributed by atoms with E-state index in [1.54, 1.807) is 0 Å². The topological polar surface area (TPSA) is 103 Å². The van der Waals surface area contributed by atoms with Crippen molar-refractivity contribution in [3.8, 4) is 0 Å². The van der Waals surface area contributed by atoms with E-state index < -0.39 is 20.1 Å². The average molecular weight is 540 g/mol. The quantitative estimate of drug-likeness (QED) is 0.0617. The van der Waals surface area contributed by atoms with Crippen molar-refractivity contribution in [3.63, 3.8) is 0 Å². The molecule has 0 radical (unpaired) electrons. The zero-order valence-corrected chi connectivity index (χ0v) is 24.6. The number of unbranched alkanes of at least 4 members (excludes halogenated alkanes) is 13. The molecular weight excluding hydrogens is 485 g/mol. The Hall–Kier alpha value is -0.700. The number of carbonyl (C=O) groups is 1. The van der Waals surface area contributed by atoms with E-state index >= 15 is 0 Å². The van der Waals surface area contributed by atoms with E-state index in [-0.39, 0.29) is 19.8 Å². The van der Waals surface area contributed by atoms with Gasteiger partial charge in [0.15, 0.2) is 6.10 Å². The van der Waals surface area contributed by atoms with Crippen LogP contribution < -0.4 is 4.89 Å². The second-order valence-corrected chi connectivity index (χ2v) is 11.9. The van der Waals surface area contributed by atoms with Gasteiger partial charge in [0.2, 0.25) is 0 Å². The van der Waals surface area contributed by atoms with Gasteiger partial charge in [-0.05, 0) is 6.42 Å². The molecule has 0 N–H and O–H groups in total. The first-order valence-corrected chi connectivity index (χ1v) is 15.3. The molecule has 0 aliphatic carbocycles. The van der Waals surface area contributed by atoms with Crippen molar-refractivity contribution in [2.75, 3.05) is 61.2 Å². The van der Waals surface area contributed by atoms with Crippen molar-refractivity contribution in [3.05, 3.63) is 0 Å². The van der Waals surface area contributed by atoms with Gasteiger partial charge in [0.25, 0.3) is 7.82 Å². The van der Waals surface area contributed by atoms with Gasteiger partial charge in [-0.25, -0.2) is 4.79 Å². The van der Waals surface area contributed by atoms with Gasteiger partial charge in [-0.15, -0.1) is 0 Å². The smallest absolute Gasteiger partial charge is 0.508 e. The molecule has 2 atom stereocenters. The largest absolute Gasteiger partial charge is 0.756 e. The molecule has 0 aromatic heterocycles. The predicted octanol–water partition coefficient (Wildman–Crippen LogP) is 5.84. The number of rotatable bonds is 25. The number of phosphoric acid groups is 1. The van der Waals surface area contributed by atoms with E-state index in [9.17, 15) is 14.3 Å². The molecular formula is C26H54NO8P. The van der Waals surface area contributed by atoms with Crippen LogP contribution in [0.2, 0.25) is 0 Å². The Bertz CT molecular complexity index is 571. The monoisotopic (exact) mass is 539 g/mol. The lowest BCUT2D eigenvalue weighted by Crippen LogP contribution is -2.37. The summed E-state index contributed by atoms with van der Waals surface area (Å²) in [7, 11) is 2.45. The first-order chi connectivity index (χ1) is 17.1. The lowest BCUT2D eigenvalue weighted by Gasteiger charge is -2.28. The van der Waals surface area contributed by atoms with Crippen molar-refractivity contribution in [1.82, 2.24) is 0 Å². The zero-order chi connectivity index (χ0) is 27.1. The Morgan fingerprint density at radius 1 is 0.778 bits per heavy atom. The molecule has 2 unspecified atom stereocenters. The van der Waals surface area contributed by atoms with Crippen LogP contribution in [-0.2, 0) is 27.8 Å². The highest BCUT2D eigenvalue weighted by Crippen LogP contribution is 2.38. The standard InChI is InChI=1S/C26H54NO8P/c1-6-7-8-9-10-11-12-13-14-15-16-17-18-19-21-32-23-25(35-26(28)31-5)24-34-36(29,30)33-22-20-27(2,3)4/h25H,6-24H2,1-5H3. The summed E-state index contributed by atoms with van der Waals surface area (Å²) in [5, 5.41) is 0. The molecule has 0 aliphatic heterocycles. The third-order valence-corrected chi connectivity index (χ3v) is 6.77. The van der Waals surface area contributed by atoms with Gasteiger partial charge in [0, 0.05) is 6.61 Å². The molecule has 0 bridgehead atoms. The Kier molecular flexibility index (Phi) is 21.9. The number of ether oxygens (including phenoxy) is 3. The number of hydrogen-bond acceptors (Lipinski definition) is 8. The van der Waals surface area contributed by atoms with Crippen LogP contribution in [0, 0.1) is 0 Å². The second kappa shape index (κ2) is 22.3. The van der Waals surface area contributed by atoms with Gasteiger partial charge in [0.1, 0.15) is 13.2 Å². The van der Waals surface area contributed by atoms with E-state index in [0.717, 1.165) is 12.8 Å². The van der Waals surface area contributed by atoms with E-state index in [2.05, 4.69) is 11.7 Å². The molecule has 0 aromatic rings. The summed E-state index contributed by atoms with van der Waals surface area (Å²) in [6.07, 6.45) is 16.1. The molecule has 0 saturated heterocycles. The highest BCUT2D eigenvalue weighted by molar-refractivity contribution is 7.45.